The van der Waals surface area contributed by atoms with Gasteiger partial charge in [0.05, 0.1) is 37.4 Å². The maximum absolute atomic E-state index is 13.0. The number of alkyl halides is 3. The molecule has 0 atom stereocenters. The first-order chi connectivity index (χ1) is 12.7. The zero-order valence-corrected chi connectivity index (χ0v) is 15.1. The molecule has 148 valence electrons. The number of anilines is 1. The van der Waals surface area contributed by atoms with E-state index in [9.17, 15) is 27.6 Å². The largest absolute Gasteiger partial charge is 0.418 e. The topological polar surface area (TPSA) is 70.9 Å². The molecule has 1 aliphatic heterocycles. The van der Waals surface area contributed by atoms with Crippen LogP contribution in [0.5, 0.6) is 0 Å². The highest BCUT2D eigenvalue weighted by molar-refractivity contribution is 5.92. The summed E-state index contributed by atoms with van der Waals surface area (Å²) in [5.74, 6) is -0.630. The number of para-hydroxylation sites is 1. The highest BCUT2D eigenvalue weighted by Gasteiger charge is 2.34. The van der Waals surface area contributed by atoms with Crippen LogP contribution in [-0.4, -0.2) is 55.2 Å². The molecule has 0 radical (unpaired) electrons. The zero-order chi connectivity index (χ0) is 20.0. The highest BCUT2D eigenvalue weighted by Crippen LogP contribution is 2.34. The predicted octanol–water partition coefficient (Wildman–Crippen LogP) is 0.740. The molecule has 1 aliphatic rings. The molecule has 0 spiro atoms. The summed E-state index contributed by atoms with van der Waals surface area (Å²) in [5.41, 5.74) is -1.14. The van der Waals surface area contributed by atoms with Crippen molar-refractivity contribution in [2.75, 3.05) is 38.0 Å². The molecule has 1 saturated heterocycles. The van der Waals surface area contributed by atoms with Crippen molar-refractivity contribution in [3.8, 4) is 0 Å². The van der Waals surface area contributed by atoms with E-state index in [2.05, 4.69) is 5.32 Å². The monoisotopic (exact) mass is 386 g/mol. The Balaban J connectivity index is 1.83. The van der Waals surface area contributed by atoms with Crippen LogP contribution in [0.15, 0.2) is 24.3 Å². The molecule has 2 amide bonds. The minimum Gasteiger partial charge on any atom is -0.331 e. The summed E-state index contributed by atoms with van der Waals surface area (Å²) < 4.78 is 38.9. The molecule has 9 heteroatoms. The van der Waals surface area contributed by atoms with Gasteiger partial charge in [0.25, 0.3) is 5.91 Å². The van der Waals surface area contributed by atoms with E-state index in [0.717, 1.165) is 11.0 Å². The normalized spacial score (nSPS) is 15.5. The van der Waals surface area contributed by atoms with Gasteiger partial charge in [-0.3, -0.25) is 9.59 Å². The number of nitrogens with zero attached hydrogens (tertiary/aromatic N) is 1. The molecule has 0 aromatic heterocycles. The fourth-order valence-corrected chi connectivity index (χ4v) is 2.95. The van der Waals surface area contributed by atoms with Gasteiger partial charge in [-0.25, -0.2) is 0 Å². The van der Waals surface area contributed by atoms with Crippen LogP contribution < -0.4 is 10.2 Å². The minimum absolute atomic E-state index is 0.0294. The Morgan fingerprint density at radius 2 is 1.74 bits per heavy atom. The average molecular weight is 386 g/mol. The smallest absolute Gasteiger partial charge is 0.331 e. The van der Waals surface area contributed by atoms with Crippen LogP contribution in [0.1, 0.15) is 25.3 Å². The number of hydrogen-bond acceptors (Lipinski definition) is 3. The lowest BCUT2D eigenvalue weighted by atomic mass is 10.1. The summed E-state index contributed by atoms with van der Waals surface area (Å²) >= 11 is 0. The van der Waals surface area contributed by atoms with Gasteiger partial charge < -0.3 is 19.9 Å². The van der Waals surface area contributed by atoms with E-state index in [1.54, 1.807) is 4.90 Å². The first-order valence-corrected chi connectivity index (χ1v) is 8.73. The van der Waals surface area contributed by atoms with Crippen molar-refractivity contribution >= 4 is 23.3 Å². The standard InChI is InChI=1S/C18H22F3N3O3/c1-13(25)6-7-17(27)24-10-8-23(9-11-24)12-16(26)22-15-5-3-2-4-14(15)18(19,20)21/h2-5H,6-12H2,1H3,(H,22,26)/p+1. The van der Waals surface area contributed by atoms with Crippen molar-refractivity contribution in [2.24, 2.45) is 0 Å². The van der Waals surface area contributed by atoms with E-state index in [1.165, 1.54) is 25.1 Å². The lowest BCUT2D eigenvalue weighted by molar-refractivity contribution is -0.895. The first-order valence-electron chi connectivity index (χ1n) is 8.73. The molecule has 1 aromatic rings. The summed E-state index contributed by atoms with van der Waals surface area (Å²) in [6, 6.07) is 4.85. The van der Waals surface area contributed by atoms with Gasteiger partial charge in [0.2, 0.25) is 5.91 Å². The van der Waals surface area contributed by atoms with E-state index in [0.29, 0.717) is 26.2 Å². The molecular weight excluding hydrogens is 363 g/mol. The van der Waals surface area contributed by atoms with Gasteiger partial charge in [-0.15, -0.1) is 0 Å². The quantitative estimate of drug-likeness (QED) is 0.758. The summed E-state index contributed by atoms with van der Waals surface area (Å²) in [6.45, 7) is 3.43. The Morgan fingerprint density at radius 1 is 1.11 bits per heavy atom. The summed E-state index contributed by atoms with van der Waals surface area (Å²) in [5, 5.41) is 2.33. The number of hydrogen-bond donors (Lipinski definition) is 2. The molecule has 0 bridgehead atoms. The second-order valence-electron chi connectivity index (χ2n) is 6.60. The van der Waals surface area contributed by atoms with Gasteiger partial charge in [-0.1, -0.05) is 12.1 Å². The second kappa shape index (κ2) is 8.98. The van der Waals surface area contributed by atoms with Crippen LogP contribution in [0.3, 0.4) is 0 Å². The van der Waals surface area contributed by atoms with Crippen molar-refractivity contribution in [1.82, 2.24) is 4.90 Å². The number of carbonyl (C=O) groups is 3. The maximum Gasteiger partial charge on any atom is 0.418 e. The van der Waals surface area contributed by atoms with Crippen molar-refractivity contribution in [2.45, 2.75) is 25.9 Å². The van der Waals surface area contributed by atoms with Crippen LogP contribution in [0, 0.1) is 0 Å². The van der Waals surface area contributed by atoms with Gasteiger partial charge in [0, 0.05) is 12.8 Å². The van der Waals surface area contributed by atoms with Crippen LogP contribution in [0.4, 0.5) is 18.9 Å². The maximum atomic E-state index is 13.0. The number of rotatable bonds is 6. The second-order valence-corrected chi connectivity index (χ2v) is 6.60. The third-order valence-electron chi connectivity index (χ3n) is 4.43. The SMILES string of the molecule is CC(=O)CCC(=O)N1CC[NH+](CC(=O)Nc2ccccc2C(F)(F)F)CC1. The third-order valence-corrected chi connectivity index (χ3v) is 4.43. The van der Waals surface area contributed by atoms with Gasteiger partial charge in [0.1, 0.15) is 5.78 Å². The number of quaternary nitrogens is 1. The molecule has 0 aliphatic carbocycles. The molecular formula is C18H23F3N3O3+. The minimum atomic E-state index is -4.54. The van der Waals surface area contributed by atoms with Crippen molar-refractivity contribution in [3.05, 3.63) is 29.8 Å². The van der Waals surface area contributed by atoms with E-state index in [-0.39, 0.29) is 36.8 Å². The molecule has 0 saturated carbocycles. The Kier molecular flexibility index (Phi) is 6.95. The van der Waals surface area contributed by atoms with E-state index in [4.69, 9.17) is 0 Å². The predicted molar refractivity (Wildman–Crippen MR) is 92.1 cm³/mol. The van der Waals surface area contributed by atoms with Crippen molar-refractivity contribution in [1.29, 1.82) is 0 Å². The Hall–Kier alpha value is -2.42. The summed E-state index contributed by atoms with van der Waals surface area (Å²) in [6.07, 6.45) is -4.14. The number of ketones is 1. The van der Waals surface area contributed by atoms with Crippen LogP contribution in [0.25, 0.3) is 0 Å². The number of amides is 2. The van der Waals surface area contributed by atoms with E-state index < -0.39 is 17.6 Å². The molecule has 27 heavy (non-hydrogen) atoms. The van der Waals surface area contributed by atoms with Gasteiger partial charge in [-0.2, -0.15) is 13.2 Å². The van der Waals surface area contributed by atoms with Gasteiger partial charge in [0.15, 0.2) is 6.54 Å². The van der Waals surface area contributed by atoms with Crippen LogP contribution in [0.2, 0.25) is 0 Å². The Bertz CT molecular complexity index is 699. The molecule has 6 nitrogen and oxygen atoms in total. The Morgan fingerprint density at radius 3 is 2.33 bits per heavy atom. The zero-order valence-electron chi connectivity index (χ0n) is 15.1. The molecule has 2 N–H and O–H groups in total. The van der Waals surface area contributed by atoms with Crippen LogP contribution in [-0.2, 0) is 20.6 Å². The lowest BCUT2D eigenvalue weighted by Crippen LogP contribution is -3.15. The number of benzene rings is 1. The van der Waals surface area contributed by atoms with Crippen LogP contribution >= 0.6 is 0 Å². The van der Waals surface area contributed by atoms with E-state index >= 15 is 0 Å². The molecule has 1 heterocycles. The number of piperazine rings is 1. The summed E-state index contributed by atoms with van der Waals surface area (Å²) in [4.78, 5) is 37.6. The number of nitrogens with one attached hydrogen (secondary N) is 2. The molecule has 0 unspecified atom stereocenters. The van der Waals surface area contributed by atoms with E-state index in [1.807, 2.05) is 0 Å². The summed E-state index contributed by atoms with van der Waals surface area (Å²) in [7, 11) is 0. The number of halogens is 3. The molecule has 1 aromatic carbocycles. The number of Topliss-reactive ketones (excluding diaryl/α,β-unsaturated/α-hetero) is 1. The molecule has 2 rings (SSSR count). The average Bonchev–Trinajstić information content (AvgIpc) is 2.59. The van der Waals surface area contributed by atoms with Gasteiger partial charge in [-0.05, 0) is 19.1 Å². The number of carbonyl (C=O) groups excluding carboxylic acids is 3. The van der Waals surface area contributed by atoms with Crippen molar-refractivity contribution in [3.63, 3.8) is 0 Å². The third kappa shape index (κ3) is 6.35. The molecule has 1 fully saturated rings. The Labute approximate surface area is 155 Å². The van der Waals surface area contributed by atoms with Gasteiger partial charge >= 0.3 is 6.18 Å². The van der Waals surface area contributed by atoms with Crippen molar-refractivity contribution < 1.29 is 32.5 Å². The fraction of sp³-hybridized carbons (Fsp3) is 0.500. The lowest BCUT2D eigenvalue weighted by Gasteiger charge is -2.32. The first kappa shape index (κ1) is 20.9. The fourth-order valence-electron chi connectivity index (χ4n) is 2.95. The highest BCUT2D eigenvalue weighted by atomic mass is 19.4.